The first-order valence-electron chi connectivity index (χ1n) is 6.92. The summed E-state index contributed by atoms with van der Waals surface area (Å²) in [6.45, 7) is 2.72. The molecule has 0 saturated carbocycles. The van der Waals surface area contributed by atoms with E-state index in [-0.39, 0.29) is 12.2 Å². The number of ether oxygens (including phenoxy) is 2. The maximum atomic E-state index is 12.3. The summed E-state index contributed by atoms with van der Waals surface area (Å²) in [7, 11) is 1.40. The molecule has 21 heavy (non-hydrogen) atoms. The minimum atomic E-state index is -0.540. The van der Waals surface area contributed by atoms with E-state index in [2.05, 4.69) is 0 Å². The van der Waals surface area contributed by atoms with Gasteiger partial charge in [-0.2, -0.15) is 0 Å². The number of methoxy groups -OCH3 is 1. The van der Waals surface area contributed by atoms with Gasteiger partial charge in [0.15, 0.2) is 0 Å². The van der Waals surface area contributed by atoms with E-state index in [1.54, 1.807) is 17.8 Å². The summed E-state index contributed by atoms with van der Waals surface area (Å²) in [5, 5.41) is 0.566. The van der Waals surface area contributed by atoms with E-state index in [1.165, 1.54) is 7.11 Å². The van der Waals surface area contributed by atoms with Crippen molar-refractivity contribution < 1.29 is 14.3 Å². The smallest absolute Gasteiger partial charge is 0.327 e. The van der Waals surface area contributed by atoms with Crippen LogP contribution in [0.3, 0.4) is 0 Å². The highest BCUT2D eigenvalue weighted by molar-refractivity contribution is 7.99. The molecule has 1 aromatic rings. The number of esters is 1. The molecule has 1 aromatic carbocycles. The van der Waals surface area contributed by atoms with Crippen LogP contribution in [0.4, 0.5) is 0 Å². The monoisotopic (exact) mass is 329 g/mol. The van der Waals surface area contributed by atoms with Crippen LogP contribution in [0.25, 0.3) is 0 Å². The van der Waals surface area contributed by atoms with Crippen molar-refractivity contribution in [2.45, 2.75) is 25.6 Å². The fourth-order valence-corrected chi connectivity index (χ4v) is 3.40. The molecule has 6 heteroatoms. The lowest BCUT2D eigenvalue weighted by atomic mass is 10.0. The second kappa shape index (κ2) is 8.03. The van der Waals surface area contributed by atoms with Gasteiger partial charge in [0.2, 0.25) is 0 Å². The third-order valence-electron chi connectivity index (χ3n) is 3.52. The van der Waals surface area contributed by atoms with Crippen LogP contribution >= 0.6 is 23.4 Å². The molecule has 0 N–H and O–H groups in total. The number of rotatable bonds is 3. The van der Waals surface area contributed by atoms with Crippen molar-refractivity contribution in [2.24, 2.45) is 0 Å². The maximum Gasteiger partial charge on any atom is 0.327 e. The zero-order chi connectivity index (χ0) is 15.2. The molecule has 1 fully saturated rings. The number of hydrogen-bond donors (Lipinski definition) is 0. The van der Waals surface area contributed by atoms with E-state index < -0.39 is 6.04 Å². The van der Waals surface area contributed by atoms with Crippen molar-refractivity contribution in [1.82, 2.24) is 4.90 Å². The van der Waals surface area contributed by atoms with Crippen molar-refractivity contribution in [1.29, 1.82) is 0 Å². The van der Waals surface area contributed by atoms with E-state index in [4.69, 9.17) is 21.1 Å². The van der Waals surface area contributed by atoms with E-state index in [0.29, 0.717) is 11.0 Å². The molecular formula is C15H20ClNO3S. The van der Waals surface area contributed by atoms with E-state index in [1.807, 2.05) is 30.0 Å². The van der Waals surface area contributed by atoms with Gasteiger partial charge in [-0.25, -0.2) is 4.79 Å². The van der Waals surface area contributed by atoms with E-state index in [9.17, 15) is 4.79 Å². The van der Waals surface area contributed by atoms with Crippen LogP contribution in [0.1, 0.15) is 24.9 Å². The topological polar surface area (TPSA) is 38.8 Å². The van der Waals surface area contributed by atoms with Gasteiger partial charge in [-0.05, 0) is 30.7 Å². The highest BCUT2D eigenvalue weighted by atomic mass is 35.5. The Morgan fingerprint density at radius 1 is 1.52 bits per heavy atom. The standard InChI is InChI=1S/C15H20ClNO3S/c1-11-17(8-5-9-21-10-20-11)14(15(18)19-2)12-6-3-4-7-13(12)16/h3-4,6-7,11,14H,5,8-10H2,1-2H3/t11?,14-/m0/s1. The molecule has 1 saturated heterocycles. The zero-order valence-electron chi connectivity index (χ0n) is 12.3. The average molecular weight is 330 g/mol. The predicted molar refractivity (Wildman–Crippen MR) is 85.4 cm³/mol. The molecule has 0 spiro atoms. The molecule has 2 rings (SSSR count). The third-order valence-corrected chi connectivity index (χ3v) is 4.74. The molecule has 0 radical (unpaired) electrons. The predicted octanol–water partition coefficient (Wildman–Crippen LogP) is 3.31. The SMILES string of the molecule is COC(=O)[C@H](c1ccccc1Cl)N1CCCSCOC1C. The molecule has 116 valence electrons. The molecule has 4 nitrogen and oxygen atoms in total. The quantitative estimate of drug-likeness (QED) is 0.795. The highest BCUT2D eigenvalue weighted by Crippen LogP contribution is 2.31. The normalized spacial score (nSPS) is 22.1. The Balaban J connectivity index is 2.34. The molecule has 1 aliphatic rings. The first-order valence-corrected chi connectivity index (χ1v) is 8.45. The minimum absolute atomic E-state index is 0.168. The van der Waals surface area contributed by atoms with Crippen molar-refractivity contribution in [3.8, 4) is 0 Å². The molecule has 1 heterocycles. The van der Waals surface area contributed by atoms with E-state index in [0.717, 1.165) is 24.3 Å². The number of carbonyl (C=O) groups is 1. The summed E-state index contributed by atoms with van der Waals surface area (Å²) in [6, 6.07) is 6.84. The Morgan fingerprint density at radius 2 is 2.29 bits per heavy atom. The van der Waals surface area contributed by atoms with Gasteiger partial charge in [-0.3, -0.25) is 4.90 Å². The molecule has 0 aromatic heterocycles. The van der Waals surface area contributed by atoms with Gasteiger partial charge >= 0.3 is 5.97 Å². The first-order chi connectivity index (χ1) is 10.1. The second-order valence-electron chi connectivity index (χ2n) is 4.83. The van der Waals surface area contributed by atoms with Gasteiger partial charge in [0, 0.05) is 11.6 Å². The van der Waals surface area contributed by atoms with Crippen LogP contribution in [0, 0.1) is 0 Å². The third kappa shape index (κ3) is 4.13. The van der Waals surface area contributed by atoms with Crippen molar-refractivity contribution in [3.05, 3.63) is 34.9 Å². The van der Waals surface area contributed by atoms with Crippen molar-refractivity contribution in [2.75, 3.05) is 25.3 Å². The van der Waals surface area contributed by atoms with Crippen molar-refractivity contribution >= 4 is 29.3 Å². The van der Waals surface area contributed by atoms with Crippen LogP contribution in [-0.4, -0.2) is 42.4 Å². The molecule has 0 bridgehead atoms. The second-order valence-corrected chi connectivity index (χ2v) is 6.29. The summed E-state index contributed by atoms with van der Waals surface area (Å²) in [5.74, 6) is 1.33. The number of hydrogen-bond acceptors (Lipinski definition) is 5. The fraction of sp³-hybridized carbons (Fsp3) is 0.533. The number of nitrogens with zero attached hydrogens (tertiary/aromatic N) is 1. The Labute approximate surface area is 134 Å². The van der Waals surface area contributed by atoms with Gasteiger partial charge in [-0.1, -0.05) is 29.8 Å². The Morgan fingerprint density at radius 3 is 3.00 bits per heavy atom. The highest BCUT2D eigenvalue weighted by Gasteiger charge is 2.33. The summed E-state index contributed by atoms with van der Waals surface area (Å²) < 4.78 is 10.8. The maximum absolute atomic E-state index is 12.3. The van der Waals surface area contributed by atoms with Crippen LogP contribution in [0.15, 0.2) is 24.3 Å². The van der Waals surface area contributed by atoms with Gasteiger partial charge in [0.1, 0.15) is 12.3 Å². The Kier molecular flexibility index (Phi) is 6.36. The lowest BCUT2D eigenvalue weighted by molar-refractivity contribution is -0.154. The van der Waals surface area contributed by atoms with Crippen LogP contribution in [-0.2, 0) is 14.3 Å². The molecule has 1 unspecified atom stereocenters. The van der Waals surface area contributed by atoms with Crippen LogP contribution in [0.2, 0.25) is 5.02 Å². The van der Waals surface area contributed by atoms with Crippen LogP contribution in [0.5, 0.6) is 0 Å². The molecule has 2 atom stereocenters. The van der Waals surface area contributed by atoms with Crippen LogP contribution < -0.4 is 0 Å². The lowest BCUT2D eigenvalue weighted by Gasteiger charge is -2.36. The Bertz CT molecular complexity index is 486. The van der Waals surface area contributed by atoms with E-state index >= 15 is 0 Å². The molecule has 0 amide bonds. The Hall–Kier alpha value is -0.750. The number of benzene rings is 1. The number of carbonyl (C=O) groups excluding carboxylic acids is 1. The van der Waals surface area contributed by atoms with Crippen molar-refractivity contribution in [3.63, 3.8) is 0 Å². The molecule has 0 aliphatic carbocycles. The number of thioether (sulfide) groups is 1. The average Bonchev–Trinajstić information content (AvgIpc) is 2.47. The summed E-state index contributed by atoms with van der Waals surface area (Å²) in [4.78, 5) is 14.3. The zero-order valence-corrected chi connectivity index (χ0v) is 13.8. The van der Waals surface area contributed by atoms with Gasteiger partial charge in [-0.15, -0.1) is 11.8 Å². The molecular weight excluding hydrogens is 310 g/mol. The van der Waals surface area contributed by atoms with Gasteiger partial charge in [0.05, 0.1) is 13.0 Å². The fourth-order valence-electron chi connectivity index (χ4n) is 2.42. The molecule has 1 aliphatic heterocycles. The summed E-state index contributed by atoms with van der Waals surface area (Å²) in [6.07, 6.45) is 0.828. The summed E-state index contributed by atoms with van der Waals surface area (Å²) >= 11 is 8.05. The number of halogens is 1. The minimum Gasteiger partial charge on any atom is -0.468 e. The summed E-state index contributed by atoms with van der Waals surface area (Å²) in [5.41, 5.74) is 0.759. The van der Waals surface area contributed by atoms with Gasteiger partial charge < -0.3 is 9.47 Å². The lowest BCUT2D eigenvalue weighted by Crippen LogP contribution is -2.43. The largest absolute Gasteiger partial charge is 0.468 e. The first kappa shape index (κ1) is 16.6. The van der Waals surface area contributed by atoms with Gasteiger partial charge in [0.25, 0.3) is 0 Å².